The number of carboxylic acid groups (broad SMARTS) is 1. The van der Waals surface area contributed by atoms with Crippen LogP contribution in [0.1, 0.15) is 64.1 Å². The molecule has 6 heteroatoms. The Morgan fingerprint density at radius 2 is 1.95 bits per heavy atom. The van der Waals surface area contributed by atoms with Gasteiger partial charge in [-0.1, -0.05) is 51.3 Å². The number of thioether (sulfide) groups is 1. The SMILES string of the molecule is CC(C)Cn1c(SCC(=O)O)nnc1C1CCCCCC1. The second-order valence-electron chi connectivity index (χ2n) is 6.22. The molecule has 1 aliphatic carbocycles. The van der Waals surface area contributed by atoms with E-state index in [2.05, 4.69) is 28.6 Å². The smallest absolute Gasteiger partial charge is 0.313 e. The van der Waals surface area contributed by atoms with Gasteiger partial charge in [-0.05, 0) is 18.8 Å². The van der Waals surface area contributed by atoms with E-state index in [9.17, 15) is 4.79 Å². The topological polar surface area (TPSA) is 68.0 Å². The third kappa shape index (κ3) is 4.73. The summed E-state index contributed by atoms with van der Waals surface area (Å²) in [7, 11) is 0. The first-order valence-electron chi connectivity index (χ1n) is 7.85. The molecule has 1 aromatic heterocycles. The molecule has 0 radical (unpaired) electrons. The highest BCUT2D eigenvalue weighted by molar-refractivity contribution is 7.99. The van der Waals surface area contributed by atoms with Crippen molar-refractivity contribution in [3.63, 3.8) is 0 Å². The van der Waals surface area contributed by atoms with Crippen LogP contribution in [-0.4, -0.2) is 31.6 Å². The van der Waals surface area contributed by atoms with Crippen molar-refractivity contribution in [2.45, 2.75) is 70.0 Å². The van der Waals surface area contributed by atoms with Crippen molar-refractivity contribution < 1.29 is 9.90 Å². The number of hydrogen-bond donors (Lipinski definition) is 1. The van der Waals surface area contributed by atoms with Crippen molar-refractivity contribution >= 4 is 17.7 Å². The quantitative estimate of drug-likeness (QED) is 0.643. The maximum absolute atomic E-state index is 10.8. The number of aromatic nitrogens is 3. The lowest BCUT2D eigenvalue weighted by Gasteiger charge is -2.17. The predicted molar refractivity (Wildman–Crippen MR) is 83.7 cm³/mol. The Labute approximate surface area is 130 Å². The average Bonchev–Trinajstić information content (AvgIpc) is 2.63. The van der Waals surface area contributed by atoms with Crippen molar-refractivity contribution in [1.82, 2.24) is 14.8 Å². The molecule has 118 valence electrons. The molecule has 0 spiro atoms. The largest absolute Gasteiger partial charge is 0.481 e. The number of carboxylic acids is 1. The average molecular weight is 311 g/mol. The Hall–Kier alpha value is -1.04. The summed E-state index contributed by atoms with van der Waals surface area (Å²) in [5, 5.41) is 18.3. The predicted octanol–water partition coefficient (Wildman–Crippen LogP) is 3.55. The lowest BCUT2D eigenvalue weighted by Crippen LogP contribution is -2.14. The number of hydrogen-bond acceptors (Lipinski definition) is 4. The molecule has 0 aliphatic heterocycles. The van der Waals surface area contributed by atoms with Crippen LogP contribution in [0, 0.1) is 5.92 Å². The van der Waals surface area contributed by atoms with Crippen molar-refractivity contribution in [3.8, 4) is 0 Å². The molecule has 0 bridgehead atoms. The van der Waals surface area contributed by atoms with Crippen LogP contribution in [0.3, 0.4) is 0 Å². The monoisotopic (exact) mass is 311 g/mol. The summed E-state index contributed by atoms with van der Waals surface area (Å²) in [5.74, 6) is 1.28. The summed E-state index contributed by atoms with van der Waals surface area (Å²) in [4.78, 5) is 10.8. The van der Waals surface area contributed by atoms with E-state index in [4.69, 9.17) is 5.11 Å². The Kier molecular flexibility index (Phi) is 6.08. The molecule has 1 heterocycles. The second-order valence-corrected chi connectivity index (χ2v) is 7.16. The van der Waals surface area contributed by atoms with E-state index in [1.807, 2.05) is 0 Å². The van der Waals surface area contributed by atoms with Gasteiger partial charge in [0, 0.05) is 12.5 Å². The minimum atomic E-state index is -0.810. The van der Waals surface area contributed by atoms with Gasteiger partial charge in [0.15, 0.2) is 5.16 Å². The maximum Gasteiger partial charge on any atom is 0.313 e. The van der Waals surface area contributed by atoms with Gasteiger partial charge in [0.1, 0.15) is 5.82 Å². The minimum absolute atomic E-state index is 0.0426. The Morgan fingerprint density at radius 1 is 1.29 bits per heavy atom. The molecule has 2 rings (SSSR count). The molecule has 1 saturated carbocycles. The second kappa shape index (κ2) is 7.82. The highest BCUT2D eigenvalue weighted by atomic mass is 32.2. The first-order chi connectivity index (χ1) is 10.1. The summed E-state index contributed by atoms with van der Waals surface area (Å²) in [5.41, 5.74) is 0. The first kappa shape index (κ1) is 16.3. The zero-order valence-corrected chi connectivity index (χ0v) is 13.7. The van der Waals surface area contributed by atoms with E-state index < -0.39 is 5.97 Å². The molecule has 0 aromatic carbocycles. The zero-order chi connectivity index (χ0) is 15.2. The maximum atomic E-state index is 10.8. The van der Waals surface area contributed by atoms with Gasteiger partial charge in [0.05, 0.1) is 5.75 Å². The summed E-state index contributed by atoms with van der Waals surface area (Å²) < 4.78 is 2.16. The number of carbonyl (C=O) groups is 1. The molecule has 0 atom stereocenters. The van der Waals surface area contributed by atoms with Gasteiger partial charge in [-0.2, -0.15) is 0 Å². The molecular weight excluding hydrogens is 286 g/mol. The van der Waals surface area contributed by atoms with Gasteiger partial charge >= 0.3 is 5.97 Å². The number of aliphatic carboxylic acids is 1. The summed E-state index contributed by atoms with van der Waals surface area (Å²) in [6.45, 7) is 5.20. The van der Waals surface area contributed by atoms with Crippen LogP contribution in [0.4, 0.5) is 0 Å². The summed E-state index contributed by atoms with van der Waals surface area (Å²) >= 11 is 1.28. The molecular formula is C15H25N3O2S. The molecule has 1 aliphatic rings. The molecule has 0 amide bonds. The number of rotatable bonds is 6. The number of nitrogens with zero attached hydrogens (tertiary/aromatic N) is 3. The lowest BCUT2D eigenvalue weighted by molar-refractivity contribution is -0.133. The van der Waals surface area contributed by atoms with Gasteiger partial charge < -0.3 is 9.67 Å². The molecule has 1 N–H and O–H groups in total. The van der Waals surface area contributed by atoms with Crippen LogP contribution < -0.4 is 0 Å². The van der Waals surface area contributed by atoms with Crippen LogP contribution in [0.25, 0.3) is 0 Å². The van der Waals surface area contributed by atoms with Crippen LogP contribution in [0.15, 0.2) is 5.16 Å². The zero-order valence-electron chi connectivity index (χ0n) is 12.9. The standard InChI is InChI=1S/C15H25N3O2S/c1-11(2)9-18-14(12-7-5-3-4-6-8-12)16-17-15(18)21-10-13(19)20/h11-12H,3-10H2,1-2H3,(H,19,20). The highest BCUT2D eigenvalue weighted by Crippen LogP contribution is 2.32. The molecule has 21 heavy (non-hydrogen) atoms. The third-order valence-electron chi connectivity index (χ3n) is 3.84. The molecule has 0 saturated heterocycles. The summed E-state index contributed by atoms with van der Waals surface area (Å²) in [6.07, 6.45) is 7.51. The van der Waals surface area contributed by atoms with E-state index in [0.29, 0.717) is 11.8 Å². The van der Waals surface area contributed by atoms with Crippen LogP contribution >= 0.6 is 11.8 Å². The van der Waals surface area contributed by atoms with E-state index in [1.165, 1.54) is 50.3 Å². The lowest BCUT2D eigenvalue weighted by atomic mass is 9.99. The van der Waals surface area contributed by atoms with E-state index in [-0.39, 0.29) is 5.75 Å². The van der Waals surface area contributed by atoms with Crippen molar-refractivity contribution in [1.29, 1.82) is 0 Å². The van der Waals surface area contributed by atoms with Gasteiger partial charge in [-0.25, -0.2) is 0 Å². The van der Waals surface area contributed by atoms with Crippen molar-refractivity contribution in [2.75, 3.05) is 5.75 Å². The fourth-order valence-corrected chi connectivity index (χ4v) is 3.58. The molecule has 1 fully saturated rings. The summed E-state index contributed by atoms with van der Waals surface area (Å²) in [6, 6.07) is 0. The van der Waals surface area contributed by atoms with Crippen LogP contribution in [0.2, 0.25) is 0 Å². The van der Waals surface area contributed by atoms with Crippen molar-refractivity contribution in [2.24, 2.45) is 5.92 Å². The Morgan fingerprint density at radius 3 is 2.52 bits per heavy atom. The molecule has 1 aromatic rings. The van der Waals surface area contributed by atoms with E-state index in [0.717, 1.165) is 17.5 Å². The Balaban J connectivity index is 2.20. The van der Waals surface area contributed by atoms with Crippen molar-refractivity contribution in [3.05, 3.63) is 5.82 Å². The van der Waals surface area contributed by atoms with Crippen LogP contribution in [-0.2, 0) is 11.3 Å². The molecule has 0 unspecified atom stereocenters. The van der Waals surface area contributed by atoms with E-state index in [1.54, 1.807) is 0 Å². The van der Waals surface area contributed by atoms with Gasteiger partial charge in [-0.15, -0.1) is 10.2 Å². The van der Waals surface area contributed by atoms with Gasteiger partial charge in [0.25, 0.3) is 0 Å². The highest BCUT2D eigenvalue weighted by Gasteiger charge is 2.23. The normalized spacial score (nSPS) is 17.1. The molecule has 5 nitrogen and oxygen atoms in total. The third-order valence-corrected chi connectivity index (χ3v) is 4.79. The van der Waals surface area contributed by atoms with Gasteiger partial charge in [-0.3, -0.25) is 4.79 Å². The minimum Gasteiger partial charge on any atom is -0.481 e. The fourth-order valence-electron chi connectivity index (χ4n) is 2.91. The Bertz CT molecular complexity index is 465. The van der Waals surface area contributed by atoms with Gasteiger partial charge in [0.2, 0.25) is 0 Å². The van der Waals surface area contributed by atoms with Crippen LogP contribution in [0.5, 0.6) is 0 Å². The fraction of sp³-hybridized carbons (Fsp3) is 0.800. The van der Waals surface area contributed by atoms with E-state index >= 15 is 0 Å². The first-order valence-corrected chi connectivity index (χ1v) is 8.84.